The van der Waals surface area contributed by atoms with Crippen LogP contribution in [0.15, 0.2) is 29.4 Å². The third-order valence-corrected chi connectivity index (χ3v) is 4.58. The number of aromatic nitrogens is 1. The number of hydrogen-bond acceptors (Lipinski definition) is 3. The number of guanidine groups is 1. The van der Waals surface area contributed by atoms with Crippen molar-refractivity contribution in [1.29, 1.82) is 0 Å². The van der Waals surface area contributed by atoms with E-state index in [1.807, 2.05) is 31.4 Å². The van der Waals surface area contributed by atoms with Gasteiger partial charge in [-0.2, -0.15) is 0 Å². The van der Waals surface area contributed by atoms with Crippen LogP contribution in [-0.4, -0.2) is 43.3 Å². The predicted molar refractivity (Wildman–Crippen MR) is 99.4 cm³/mol. The van der Waals surface area contributed by atoms with E-state index in [9.17, 15) is 0 Å². The maximum atomic E-state index is 6.23. The Hall–Kier alpha value is -1.62. The van der Waals surface area contributed by atoms with Crippen LogP contribution in [0.4, 0.5) is 0 Å². The highest BCUT2D eigenvalue weighted by atomic mass is 16.5. The molecule has 0 unspecified atom stereocenters. The van der Waals surface area contributed by atoms with E-state index in [4.69, 9.17) is 4.74 Å². The second kappa shape index (κ2) is 10.3. The zero-order valence-corrected chi connectivity index (χ0v) is 15.2. The molecule has 0 atom stereocenters. The lowest BCUT2D eigenvalue weighted by molar-refractivity contribution is -0.0657. The minimum Gasteiger partial charge on any atom is -0.373 e. The summed E-state index contributed by atoms with van der Waals surface area (Å²) in [7, 11) is 1.82. The number of hydrogen-bond donors (Lipinski definition) is 2. The van der Waals surface area contributed by atoms with Gasteiger partial charge in [0.2, 0.25) is 0 Å². The van der Waals surface area contributed by atoms with Crippen LogP contribution in [0, 0.1) is 0 Å². The SMILES string of the molecule is CCCOC1(CNC(=NC)NCCc2ccccn2)CCCCC1. The Morgan fingerprint density at radius 3 is 2.75 bits per heavy atom. The van der Waals surface area contributed by atoms with Gasteiger partial charge in [-0.05, 0) is 31.4 Å². The van der Waals surface area contributed by atoms with Gasteiger partial charge in [-0.15, -0.1) is 0 Å². The third kappa shape index (κ3) is 6.11. The molecule has 1 heterocycles. The highest BCUT2D eigenvalue weighted by Gasteiger charge is 2.32. The van der Waals surface area contributed by atoms with Gasteiger partial charge in [-0.25, -0.2) is 0 Å². The monoisotopic (exact) mass is 332 g/mol. The van der Waals surface area contributed by atoms with Crippen molar-refractivity contribution in [2.45, 2.75) is 57.5 Å². The van der Waals surface area contributed by atoms with Crippen LogP contribution in [0.1, 0.15) is 51.1 Å². The number of nitrogens with one attached hydrogen (secondary N) is 2. The second-order valence-electron chi connectivity index (χ2n) is 6.52. The molecule has 1 fully saturated rings. The molecule has 0 spiro atoms. The Morgan fingerprint density at radius 2 is 2.08 bits per heavy atom. The lowest BCUT2D eigenvalue weighted by atomic mass is 9.84. The van der Waals surface area contributed by atoms with Crippen molar-refractivity contribution in [1.82, 2.24) is 15.6 Å². The number of rotatable bonds is 8. The van der Waals surface area contributed by atoms with Crippen molar-refractivity contribution in [3.63, 3.8) is 0 Å². The van der Waals surface area contributed by atoms with E-state index >= 15 is 0 Å². The minimum absolute atomic E-state index is 0.0210. The molecule has 1 aliphatic carbocycles. The van der Waals surface area contributed by atoms with Crippen molar-refractivity contribution in [2.75, 3.05) is 26.7 Å². The molecule has 0 radical (unpaired) electrons. The summed E-state index contributed by atoms with van der Waals surface area (Å²) in [5.74, 6) is 0.843. The van der Waals surface area contributed by atoms with Crippen molar-refractivity contribution in [2.24, 2.45) is 4.99 Å². The van der Waals surface area contributed by atoms with Gasteiger partial charge in [0.15, 0.2) is 5.96 Å². The normalized spacial score (nSPS) is 17.5. The van der Waals surface area contributed by atoms with Crippen LogP contribution in [0.2, 0.25) is 0 Å². The smallest absolute Gasteiger partial charge is 0.191 e. The minimum atomic E-state index is -0.0210. The van der Waals surface area contributed by atoms with E-state index in [0.717, 1.165) is 57.0 Å². The maximum Gasteiger partial charge on any atom is 0.191 e. The summed E-state index contributed by atoms with van der Waals surface area (Å²) in [5.41, 5.74) is 1.07. The Kier molecular flexibility index (Phi) is 8.02. The molecule has 1 aromatic heterocycles. The number of pyridine rings is 1. The fraction of sp³-hybridized carbons (Fsp3) is 0.684. The topological polar surface area (TPSA) is 58.5 Å². The van der Waals surface area contributed by atoms with Crippen LogP contribution in [0.5, 0.6) is 0 Å². The first-order chi connectivity index (χ1) is 11.8. The molecular formula is C19H32N4O. The fourth-order valence-corrected chi connectivity index (χ4v) is 3.21. The zero-order valence-electron chi connectivity index (χ0n) is 15.2. The molecule has 1 aromatic rings. The van der Waals surface area contributed by atoms with Crippen molar-refractivity contribution >= 4 is 5.96 Å². The van der Waals surface area contributed by atoms with Gasteiger partial charge in [-0.1, -0.05) is 32.3 Å². The molecule has 0 bridgehead atoms. The number of nitrogens with zero attached hydrogens (tertiary/aromatic N) is 2. The average molecular weight is 332 g/mol. The first-order valence-corrected chi connectivity index (χ1v) is 9.26. The van der Waals surface area contributed by atoms with Gasteiger partial charge >= 0.3 is 0 Å². The molecule has 1 saturated carbocycles. The average Bonchev–Trinajstić information content (AvgIpc) is 2.64. The molecule has 0 aromatic carbocycles. The number of ether oxygens (including phenoxy) is 1. The molecular weight excluding hydrogens is 300 g/mol. The van der Waals surface area contributed by atoms with E-state index in [2.05, 4.69) is 27.5 Å². The van der Waals surface area contributed by atoms with Crippen LogP contribution in [0.3, 0.4) is 0 Å². The molecule has 24 heavy (non-hydrogen) atoms. The van der Waals surface area contributed by atoms with Crippen LogP contribution >= 0.6 is 0 Å². The number of aliphatic imine (C=N–C) groups is 1. The van der Waals surface area contributed by atoms with Gasteiger partial charge in [0.1, 0.15) is 0 Å². The maximum absolute atomic E-state index is 6.23. The zero-order chi connectivity index (χ0) is 17.1. The predicted octanol–water partition coefficient (Wildman–Crippen LogP) is 2.92. The van der Waals surface area contributed by atoms with E-state index in [1.165, 1.54) is 19.3 Å². The lowest BCUT2D eigenvalue weighted by Gasteiger charge is -2.37. The van der Waals surface area contributed by atoms with Gasteiger partial charge < -0.3 is 15.4 Å². The van der Waals surface area contributed by atoms with E-state index < -0.39 is 0 Å². The summed E-state index contributed by atoms with van der Waals surface area (Å²) in [4.78, 5) is 8.68. The van der Waals surface area contributed by atoms with Crippen LogP contribution in [-0.2, 0) is 11.2 Å². The molecule has 0 saturated heterocycles. The molecule has 0 amide bonds. The summed E-state index contributed by atoms with van der Waals surface area (Å²) in [6, 6.07) is 6.01. The summed E-state index contributed by atoms with van der Waals surface area (Å²) >= 11 is 0. The summed E-state index contributed by atoms with van der Waals surface area (Å²) in [6.45, 7) is 4.66. The molecule has 1 aliphatic rings. The largest absolute Gasteiger partial charge is 0.373 e. The molecule has 2 rings (SSSR count). The Bertz CT molecular complexity index is 483. The highest BCUT2D eigenvalue weighted by molar-refractivity contribution is 5.79. The van der Waals surface area contributed by atoms with Gasteiger partial charge in [0.25, 0.3) is 0 Å². The van der Waals surface area contributed by atoms with Crippen LogP contribution in [0.25, 0.3) is 0 Å². The van der Waals surface area contributed by atoms with Gasteiger partial charge in [-0.3, -0.25) is 9.98 Å². The van der Waals surface area contributed by atoms with Crippen molar-refractivity contribution in [3.8, 4) is 0 Å². The van der Waals surface area contributed by atoms with Gasteiger partial charge in [0, 0.05) is 45.1 Å². The standard InChI is InChI=1S/C19H32N4O/c1-3-15-24-19(11-6-4-7-12-19)16-23-18(20-2)22-14-10-17-9-5-8-13-21-17/h5,8-9,13H,3-4,6-7,10-12,14-16H2,1-2H3,(H2,20,22,23). The molecule has 5 nitrogen and oxygen atoms in total. The lowest BCUT2D eigenvalue weighted by Crippen LogP contribution is -2.50. The van der Waals surface area contributed by atoms with E-state index in [1.54, 1.807) is 0 Å². The Morgan fingerprint density at radius 1 is 1.25 bits per heavy atom. The first kappa shape index (κ1) is 18.7. The van der Waals surface area contributed by atoms with Crippen LogP contribution < -0.4 is 10.6 Å². The quantitative estimate of drug-likeness (QED) is 0.568. The van der Waals surface area contributed by atoms with E-state index in [0.29, 0.717) is 0 Å². The van der Waals surface area contributed by atoms with Crippen molar-refractivity contribution in [3.05, 3.63) is 30.1 Å². The molecule has 134 valence electrons. The molecule has 0 aliphatic heterocycles. The molecule has 2 N–H and O–H groups in total. The third-order valence-electron chi connectivity index (χ3n) is 4.58. The van der Waals surface area contributed by atoms with Crippen molar-refractivity contribution < 1.29 is 4.74 Å². The highest BCUT2D eigenvalue weighted by Crippen LogP contribution is 2.31. The summed E-state index contributed by atoms with van der Waals surface area (Å²) in [6.07, 6.45) is 9.93. The fourth-order valence-electron chi connectivity index (χ4n) is 3.21. The second-order valence-corrected chi connectivity index (χ2v) is 6.52. The summed E-state index contributed by atoms with van der Waals surface area (Å²) < 4.78 is 6.23. The Labute approximate surface area is 146 Å². The summed E-state index contributed by atoms with van der Waals surface area (Å²) in [5, 5.41) is 6.84. The van der Waals surface area contributed by atoms with Gasteiger partial charge in [0.05, 0.1) is 5.60 Å². The first-order valence-electron chi connectivity index (χ1n) is 9.26. The molecule has 5 heteroatoms. The Balaban J connectivity index is 1.78. The van der Waals surface area contributed by atoms with E-state index in [-0.39, 0.29) is 5.60 Å².